The van der Waals surface area contributed by atoms with Crippen LogP contribution in [0.5, 0.6) is 0 Å². The predicted octanol–water partition coefficient (Wildman–Crippen LogP) is 1.65. The molecular weight excluding hydrogens is 218 g/mol. The summed E-state index contributed by atoms with van der Waals surface area (Å²) in [6.07, 6.45) is 3.07. The number of anilines is 2. The first-order valence-corrected chi connectivity index (χ1v) is 6.44. The van der Waals surface area contributed by atoms with Crippen LogP contribution in [0.3, 0.4) is 0 Å². The van der Waals surface area contributed by atoms with E-state index in [1.165, 1.54) is 11.5 Å². The third kappa shape index (κ3) is 1.97. The van der Waals surface area contributed by atoms with Crippen molar-refractivity contribution in [2.75, 3.05) is 30.5 Å². The van der Waals surface area contributed by atoms with Gasteiger partial charge in [0.1, 0.15) is 5.00 Å². The Morgan fingerprint density at radius 1 is 1.71 bits per heavy atom. The normalized spacial score (nSPS) is 21.4. The molecule has 2 rings (SSSR count). The lowest BCUT2D eigenvalue weighted by molar-refractivity contribution is 0.195. The monoisotopic (exact) mass is 231 g/mol. The molecule has 1 fully saturated rings. The Kier molecular flexibility index (Phi) is 3.15. The average molecular weight is 231 g/mol. The first-order chi connectivity index (χ1) is 6.81. The lowest BCUT2D eigenvalue weighted by atomic mass is 10.3. The number of rotatable bonds is 3. The van der Waals surface area contributed by atoms with Gasteiger partial charge in [-0.3, -0.25) is 0 Å². The molecular formula is C8H13N3OS2. The second-order valence-corrected chi connectivity index (χ2v) is 4.72. The minimum atomic E-state index is 0.417. The molecule has 1 aromatic rings. The molecule has 1 atom stereocenters. The smallest absolute Gasteiger partial charge is 0.153 e. The van der Waals surface area contributed by atoms with Crippen molar-refractivity contribution in [3.8, 4) is 0 Å². The zero-order valence-corrected chi connectivity index (χ0v) is 9.58. The van der Waals surface area contributed by atoms with Gasteiger partial charge in [0.15, 0.2) is 5.82 Å². The standard InChI is InChI=1S/C8H13N3OS2/c1-13-6-7(9)11-14-8(6)10-5-2-3-12-4-5/h5,10H,2-4H2,1H3,(H2,9,11). The fourth-order valence-corrected chi connectivity index (χ4v) is 3.02. The number of hydrogen-bond acceptors (Lipinski definition) is 6. The van der Waals surface area contributed by atoms with Crippen LogP contribution in [0, 0.1) is 0 Å². The summed E-state index contributed by atoms with van der Waals surface area (Å²) in [6, 6.07) is 0.417. The fraction of sp³-hybridized carbons (Fsp3) is 0.625. The van der Waals surface area contributed by atoms with Gasteiger partial charge in [-0.15, -0.1) is 11.8 Å². The second kappa shape index (κ2) is 4.37. The first-order valence-electron chi connectivity index (χ1n) is 4.44. The van der Waals surface area contributed by atoms with Crippen LogP contribution in [0.4, 0.5) is 10.8 Å². The summed E-state index contributed by atoms with van der Waals surface area (Å²) < 4.78 is 9.42. The Balaban J connectivity index is 2.07. The Morgan fingerprint density at radius 2 is 2.57 bits per heavy atom. The van der Waals surface area contributed by atoms with E-state index in [4.69, 9.17) is 10.5 Å². The van der Waals surface area contributed by atoms with E-state index in [9.17, 15) is 0 Å². The molecule has 2 heterocycles. The highest BCUT2D eigenvalue weighted by atomic mass is 32.2. The molecule has 0 radical (unpaired) electrons. The van der Waals surface area contributed by atoms with E-state index in [-0.39, 0.29) is 0 Å². The third-order valence-corrected chi connectivity index (χ3v) is 3.89. The van der Waals surface area contributed by atoms with Crippen molar-refractivity contribution < 1.29 is 4.74 Å². The van der Waals surface area contributed by atoms with Crippen LogP contribution in [0.15, 0.2) is 4.90 Å². The summed E-state index contributed by atoms with van der Waals surface area (Å²) in [4.78, 5) is 1.06. The summed E-state index contributed by atoms with van der Waals surface area (Å²) in [5.74, 6) is 0.629. The molecule has 0 aliphatic carbocycles. The highest BCUT2D eigenvalue weighted by molar-refractivity contribution is 7.99. The van der Waals surface area contributed by atoms with E-state index in [2.05, 4.69) is 9.69 Å². The van der Waals surface area contributed by atoms with E-state index in [0.717, 1.165) is 29.5 Å². The number of nitrogens with two attached hydrogens (primary N) is 1. The van der Waals surface area contributed by atoms with Crippen LogP contribution in [0.25, 0.3) is 0 Å². The zero-order valence-electron chi connectivity index (χ0n) is 7.95. The number of nitrogen functional groups attached to an aromatic ring is 1. The van der Waals surface area contributed by atoms with E-state index in [1.807, 2.05) is 6.26 Å². The summed E-state index contributed by atoms with van der Waals surface area (Å²) in [6.45, 7) is 1.63. The predicted molar refractivity (Wildman–Crippen MR) is 61.2 cm³/mol. The Morgan fingerprint density at radius 3 is 3.21 bits per heavy atom. The maximum atomic E-state index is 5.73. The van der Waals surface area contributed by atoms with Gasteiger partial charge in [0.2, 0.25) is 0 Å². The van der Waals surface area contributed by atoms with Crippen LogP contribution in [-0.2, 0) is 4.74 Å². The van der Waals surface area contributed by atoms with Gasteiger partial charge in [0.05, 0.1) is 17.5 Å². The summed E-state index contributed by atoms with van der Waals surface area (Å²) in [7, 11) is 0. The molecule has 1 aromatic heterocycles. The molecule has 14 heavy (non-hydrogen) atoms. The molecule has 0 saturated carbocycles. The number of nitrogens with one attached hydrogen (secondary N) is 1. The van der Waals surface area contributed by atoms with Crippen molar-refractivity contribution in [1.82, 2.24) is 4.37 Å². The molecule has 1 saturated heterocycles. The lowest BCUT2D eigenvalue weighted by Gasteiger charge is -2.10. The number of nitrogens with zero attached hydrogens (tertiary/aromatic N) is 1. The van der Waals surface area contributed by atoms with E-state index >= 15 is 0 Å². The van der Waals surface area contributed by atoms with Gasteiger partial charge in [-0.2, -0.15) is 4.37 Å². The number of aromatic nitrogens is 1. The Bertz CT molecular complexity index is 310. The number of thioether (sulfide) groups is 1. The largest absolute Gasteiger partial charge is 0.382 e. The molecule has 0 amide bonds. The number of ether oxygens (including phenoxy) is 1. The second-order valence-electron chi connectivity index (χ2n) is 3.14. The molecule has 4 nitrogen and oxygen atoms in total. The van der Waals surface area contributed by atoms with Crippen molar-refractivity contribution in [1.29, 1.82) is 0 Å². The molecule has 1 aliphatic heterocycles. The van der Waals surface area contributed by atoms with Crippen LogP contribution < -0.4 is 11.1 Å². The lowest BCUT2D eigenvalue weighted by Crippen LogP contribution is -2.18. The molecule has 0 aromatic carbocycles. The molecule has 0 spiro atoms. The molecule has 1 aliphatic rings. The van der Waals surface area contributed by atoms with Crippen molar-refractivity contribution in [2.45, 2.75) is 17.4 Å². The third-order valence-electron chi connectivity index (χ3n) is 2.14. The maximum absolute atomic E-state index is 5.73. The zero-order chi connectivity index (χ0) is 9.97. The topological polar surface area (TPSA) is 60.2 Å². The van der Waals surface area contributed by atoms with Crippen LogP contribution in [0.2, 0.25) is 0 Å². The van der Waals surface area contributed by atoms with Gasteiger partial charge >= 0.3 is 0 Å². The van der Waals surface area contributed by atoms with Crippen LogP contribution >= 0.6 is 23.3 Å². The molecule has 3 N–H and O–H groups in total. The molecule has 6 heteroatoms. The summed E-state index contributed by atoms with van der Waals surface area (Å²) >= 11 is 3.06. The van der Waals surface area contributed by atoms with E-state index < -0.39 is 0 Å². The van der Waals surface area contributed by atoms with Gasteiger partial charge < -0.3 is 15.8 Å². The first kappa shape index (κ1) is 10.1. The highest BCUT2D eigenvalue weighted by Gasteiger charge is 2.18. The maximum Gasteiger partial charge on any atom is 0.153 e. The Hall–Kier alpha value is -0.460. The minimum Gasteiger partial charge on any atom is -0.382 e. The van der Waals surface area contributed by atoms with Crippen molar-refractivity contribution in [3.63, 3.8) is 0 Å². The SMILES string of the molecule is CSc1c(N)nsc1NC1CCOC1. The molecule has 78 valence electrons. The van der Waals surface area contributed by atoms with Crippen LogP contribution in [0.1, 0.15) is 6.42 Å². The van der Waals surface area contributed by atoms with E-state index in [1.54, 1.807) is 11.8 Å². The van der Waals surface area contributed by atoms with Gasteiger partial charge in [0, 0.05) is 6.61 Å². The number of hydrogen-bond donors (Lipinski definition) is 2. The van der Waals surface area contributed by atoms with Gasteiger partial charge in [-0.25, -0.2) is 0 Å². The van der Waals surface area contributed by atoms with Gasteiger partial charge in [-0.1, -0.05) is 0 Å². The average Bonchev–Trinajstić information content (AvgIpc) is 2.77. The van der Waals surface area contributed by atoms with Crippen molar-refractivity contribution >= 4 is 34.1 Å². The van der Waals surface area contributed by atoms with E-state index in [0.29, 0.717) is 11.9 Å². The highest BCUT2D eigenvalue weighted by Crippen LogP contribution is 2.35. The minimum absolute atomic E-state index is 0.417. The van der Waals surface area contributed by atoms with Crippen molar-refractivity contribution in [2.24, 2.45) is 0 Å². The van der Waals surface area contributed by atoms with Crippen molar-refractivity contribution in [3.05, 3.63) is 0 Å². The quantitative estimate of drug-likeness (QED) is 0.775. The Labute approximate surface area is 91.4 Å². The van der Waals surface area contributed by atoms with Gasteiger partial charge in [-0.05, 0) is 24.2 Å². The summed E-state index contributed by atoms with van der Waals surface area (Å²) in [5, 5.41) is 4.49. The van der Waals surface area contributed by atoms with Crippen LogP contribution in [-0.4, -0.2) is 29.9 Å². The summed E-state index contributed by atoms with van der Waals surface area (Å²) in [5.41, 5.74) is 5.73. The fourth-order valence-electron chi connectivity index (χ4n) is 1.42. The molecule has 0 bridgehead atoms. The van der Waals surface area contributed by atoms with Gasteiger partial charge in [0.25, 0.3) is 0 Å². The molecule has 1 unspecified atom stereocenters.